The molecule has 10 heteroatoms. The fourth-order valence-corrected chi connectivity index (χ4v) is 5.55. The van der Waals surface area contributed by atoms with Crippen LogP contribution in [0.1, 0.15) is 36.3 Å². The topological polar surface area (TPSA) is 132 Å². The largest absolute Gasteiger partial charge is 0.496 e. The third-order valence-corrected chi connectivity index (χ3v) is 7.61. The molecule has 1 heterocycles. The summed E-state index contributed by atoms with van der Waals surface area (Å²) in [4.78, 5) is 26.2. The molecule has 3 aromatic carbocycles. The number of nitrogens with zero attached hydrogens (tertiary/aromatic N) is 3. The summed E-state index contributed by atoms with van der Waals surface area (Å²) >= 11 is 3.45. The molecule has 0 radical (unpaired) electrons. The third-order valence-electron chi connectivity index (χ3n) is 7.08. The average Bonchev–Trinajstić information content (AvgIpc) is 2.96. The van der Waals surface area contributed by atoms with Crippen molar-refractivity contribution in [3.05, 3.63) is 115 Å². The summed E-state index contributed by atoms with van der Waals surface area (Å²) in [6.45, 7) is -0.0272. The van der Waals surface area contributed by atoms with Crippen LogP contribution < -0.4 is 20.1 Å². The average molecular weight is 601 g/mol. The van der Waals surface area contributed by atoms with E-state index in [0.717, 1.165) is 15.9 Å². The Bertz CT molecular complexity index is 1610. The number of Topliss-reactive ketones (excluding diaryl/α,β-unsaturated/α-hetero) is 1. The Labute approximate surface area is 239 Å². The lowest BCUT2D eigenvalue weighted by Crippen LogP contribution is -2.38. The van der Waals surface area contributed by atoms with Gasteiger partial charge in [0, 0.05) is 39.5 Å². The van der Waals surface area contributed by atoms with Crippen LogP contribution in [0.25, 0.3) is 0 Å². The lowest BCUT2D eigenvalue weighted by Gasteiger charge is -2.39. The number of carbonyl (C=O) groups excluding carboxylic acids is 1. The number of ether oxygens (including phenoxy) is 2. The fourth-order valence-electron chi connectivity index (χ4n) is 5.28. The number of nitrogens with two attached hydrogens (primary N) is 1. The normalized spacial score (nSPS) is 16.9. The van der Waals surface area contributed by atoms with E-state index in [4.69, 9.17) is 15.2 Å². The van der Waals surface area contributed by atoms with E-state index in [1.54, 1.807) is 18.2 Å². The molecule has 2 N–H and O–H groups in total. The van der Waals surface area contributed by atoms with Gasteiger partial charge in [-0.25, -0.2) is 0 Å². The number of hydrogen-bond donors (Lipinski definition) is 1. The van der Waals surface area contributed by atoms with Crippen molar-refractivity contribution >= 4 is 33.1 Å². The van der Waals surface area contributed by atoms with Crippen molar-refractivity contribution in [3.8, 4) is 17.6 Å². The van der Waals surface area contributed by atoms with Gasteiger partial charge in [-0.3, -0.25) is 19.8 Å². The maximum atomic E-state index is 13.5. The van der Waals surface area contributed by atoms with Gasteiger partial charge in [-0.15, -0.1) is 0 Å². The molecule has 0 saturated heterocycles. The number of rotatable bonds is 7. The highest BCUT2D eigenvalue weighted by Crippen LogP contribution is 2.47. The predicted molar refractivity (Wildman–Crippen MR) is 152 cm³/mol. The van der Waals surface area contributed by atoms with Gasteiger partial charge in [-0.05, 0) is 60.9 Å². The van der Waals surface area contributed by atoms with Gasteiger partial charge in [0.1, 0.15) is 18.2 Å². The number of halogens is 1. The number of nitro groups is 1. The molecule has 1 unspecified atom stereocenters. The van der Waals surface area contributed by atoms with Crippen molar-refractivity contribution < 1.29 is 19.2 Å². The summed E-state index contributed by atoms with van der Waals surface area (Å²) in [6, 6.07) is 21.3. The Morgan fingerprint density at radius 2 is 1.88 bits per heavy atom. The second kappa shape index (κ2) is 11.2. The molecule has 0 bridgehead atoms. The number of para-hydroxylation sites is 2. The molecule has 0 fully saturated rings. The van der Waals surface area contributed by atoms with E-state index in [1.807, 2.05) is 41.3 Å². The van der Waals surface area contributed by atoms with Gasteiger partial charge in [-0.2, -0.15) is 5.26 Å². The number of allylic oxidation sites excluding steroid dienone is 3. The molecule has 2 aliphatic rings. The van der Waals surface area contributed by atoms with Gasteiger partial charge >= 0.3 is 5.69 Å². The first-order valence-corrected chi connectivity index (χ1v) is 13.4. The van der Waals surface area contributed by atoms with Crippen LogP contribution in [0.5, 0.6) is 11.5 Å². The van der Waals surface area contributed by atoms with Crippen LogP contribution in [0.2, 0.25) is 0 Å². The lowest BCUT2D eigenvalue weighted by atomic mass is 9.75. The van der Waals surface area contributed by atoms with Crippen LogP contribution >= 0.6 is 15.9 Å². The Balaban J connectivity index is 1.59. The van der Waals surface area contributed by atoms with Crippen molar-refractivity contribution in [1.29, 1.82) is 5.26 Å². The van der Waals surface area contributed by atoms with E-state index < -0.39 is 10.8 Å². The number of benzene rings is 3. The smallest absolute Gasteiger partial charge is 0.310 e. The standard InChI is InChI=1S/C30H25BrN4O5/c1-39-26-14-9-18(15-19(26)17-40-27-8-3-2-5-23(27)35(37)38)28-22(16-32)30(33)34(21-12-10-20(31)11-13-21)24-6-4-7-25(36)29(24)28/h2-3,5,8-15,28H,4,6-7,17,33H2,1H3. The molecular weight excluding hydrogens is 576 g/mol. The SMILES string of the molecule is COc1ccc(C2C(C#N)=C(N)N(c3ccc(Br)cc3)C3=C2C(=O)CCC3)cc1COc1ccccc1[N+](=O)[O-]. The van der Waals surface area contributed by atoms with Gasteiger partial charge in [0.25, 0.3) is 0 Å². The van der Waals surface area contributed by atoms with Gasteiger partial charge in [-0.1, -0.05) is 34.1 Å². The van der Waals surface area contributed by atoms with Crippen LogP contribution in [0.4, 0.5) is 11.4 Å². The minimum Gasteiger partial charge on any atom is -0.496 e. The lowest BCUT2D eigenvalue weighted by molar-refractivity contribution is -0.385. The molecule has 5 rings (SSSR count). The fraction of sp³-hybridized carbons (Fsp3) is 0.200. The zero-order valence-corrected chi connectivity index (χ0v) is 23.2. The monoisotopic (exact) mass is 600 g/mol. The molecule has 1 atom stereocenters. The van der Waals surface area contributed by atoms with Crippen molar-refractivity contribution in [2.75, 3.05) is 12.0 Å². The van der Waals surface area contributed by atoms with E-state index in [0.29, 0.717) is 41.7 Å². The highest BCUT2D eigenvalue weighted by atomic mass is 79.9. The van der Waals surface area contributed by atoms with E-state index in [-0.39, 0.29) is 35.2 Å². The summed E-state index contributed by atoms with van der Waals surface area (Å²) in [5.74, 6) is 0.209. The third kappa shape index (κ3) is 4.92. The minimum absolute atomic E-state index is 0.0258. The van der Waals surface area contributed by atoms with Crippen LogP contribution in [0, 0.1) is 21.4 Å². The molecule has 1 aliphatic heterocycles. The van der Waals surface area contributed by atoms with Gasteiger partial charge in [0.05, 0.1) is 29.6 Å². The minimum atomic E-state index is -0.671. The second-order valence-corrected chi connectivity index (χ2v) is 10.3. The van der Waals surface area contributed by atoms with Crippen LogP contribution in [0.3, 0.4) is 0 Å². The number of anilines is 1. The summed E-state index contributed by atoms with van der Waals surface area (Å²) in [5, 5.41) is 21.8. The first-order chi connectivity index (χ1) is 19.3. The molecule has 202 valence electrons. The van der Waals surface area contributed by atoms with Crippen molar-refractivity contribution in [1.82, 2.24) is 0 Å². The maximum Gasteiger partial charge on any atom is 0.310 e. The van der Waals surface area contributed by atoms with Gasteiger partial charge in [0.15, 0.2) is 11.5 Å². The number of methoxy groups -OCH3 is 1. The van der Waals surface area contributed by atoms with Gasteiger partial charge < -0.3 is 15.2 Å². The van der Waals surface area contributed by atoms with Crippen LogP contribution in [-0.4, -0.2) is 17.8 Å². The predicted octanol–water partition coefficient (Wildman–Crippen LogP) is 6.25. The molecular formula is C30H25BrN4O5. The Kier molecular flexibility index (Phi) is 7.58. The van der Waals surface area contributed by atoms with E-state index in [2.05, 4.69) is 22.0 Å². The molecule has 9 nitrogen and oxygen atoms in total. The molecule has 1 aliphatic carbocycles. The Morgan fingerprint density at radius 1 is 1.12 bits per heavy atom. The Hall–Kier alpha value is -4.62. The summed E-state index contributed by atoms with van der Waals surface area (Å²) in [6.07, 6.45) is 1.70. The highest BCUT2D eigenvalue weighted by molar-refractivity contribution is 9.10. The summed E-state index contributed by atoms with van der Waals surface area (Å²) in [7, 11) is 1.52. The molecule has 0 amide bonds. The molecule has 40 heavy (non-hydrogen) atoms. The molecule has 3 aromatic rings. The van der Waals surface area contributed by atoms with Gasteiger partial charge in [0.2, 0.25) is 0 Å². The number of nitro benzene ring substituents is 1. The molecule has 0 saturated carbocycles. The number of ketones is 1. The zero-order chi connectivity index (χ0) is 28.4. The van der Waals surface area contributed by atoms with E-state index in [1.165, 1.54) is 19.2 Å². The van der Waals surface area contributed by atoms with Crippen molar-refractivity contribution in [2.45, 2.75) is 31.8 Å². The van der Waals surface area contributed by atoms with Crippen LogP contribution in [0.15, 0.2) is 93.9 Å². The number of carbonyl (C=O) groups is 1. The van der Waals surface area contributed by atoms with E-state index in [9.17, 15) is 20.2 Å². The quantitative estimate of drug-likeness (QED) is 0.248. The number of nitriles is 1. The summed E-state index contributed by atoms with van der Waals surface area (Å²) < 4.78 is 12.3. The van der Waals surface area contributed by atoms with Crippen LogP contribution in [-0.2, 0) is 11.4 Å². The first kappa shape index (κ1) is 27.0. The maximum absolute atomic E-state index is 13.5. The molecule has 0 spiro atoms. The van der Waals surface area contributed by atoms with Crippen molar-refractivity contribution in [3.63, 3.8) is 0 Å². The molecule has 0 aromatic heterocycles. The first-order valence-electron chi connectivity index (χ1n) is 12.6. The van der Waals surface area contributed by atoms with E-state index >= 15 is 0 Å². The van der Waals surface area contributed by atoms with Crippen molar-refractivity contribution in [2.24, 2.45) is 5.73 Å². The second-order valence-electron chi connectivity index (χ2n) is 9.38. The zero-order valence-electron chi connectivity index (χ0n) is 21.6. The highest BCUT2D eigenvalue weighted by Gasteiger charge is 2.40. The summed E-state index contributed by atoms with van der Waals surface area (Å²) in [5.41, 5.74) is 10.2. The number of hydrogen-bond acceptors (Lipinski definition) is 8. The Morgan fingerprint density at radius 3 is 2.58 bits per heavy atom.